The fraction of sp³-hybridized carbons (Fsp3) is 0.481. The summed E-state index contributed by atoms with van der Waals surface area (Å²) >= 11 is 0. The van der Waals surface area contributed by atoms with E-state index in [0.717, 1.165) is 92.2 Å². The number of aromatic carboxylic acids is 1. The van der Waals surface area contributed by atoms with E-state index in [1.54, 1.807) is 6.07 Å². The molecule has 3 aliphatic rings. The molecule has 3 heterocycles. The van der Waals surface area contributed by atoms with Crippen molar-refractivity contribution in [2.75, 3.05) is 43.1 Å². The van der Waals surface area contributed by atoms with Crippen molar-refractivity contribution in [3.05, 3.63) is 47.0 Å². The number of benzene rings is 2. The van der Waals surface area contributed by atoms with Gasteiger partial charge in [0.25, 0.3) is 0 Å². The average Bonchev–Trinajstić information content (AvgIpc) is 3.11. The number of nitrogens with one attached hydrogen (secondary N) is 2. The maximum Gasteiger partial charge on any atom is 0.336 e. The highest BCUT2D eigenvalue weighted by Crippen LogP contribution is 2.45. The summed E-state index contributed by atoms with van der Waals surface area (Å²) in [4.78, 5) is 27.5. The molecule has 0 atom stereocenters. The normalized spacial score (nSPS) is 19.6. The summed E-state index contributed by atoms with van der Waals surface area (Å²) in [5.41, 5.74) is 5.29. The Balaban J connectivity index is 1.57. The topological polar surface area (TPSA) is 90.9 Å². The van der Waals surface area contributed by atoms with Gasteiger partial charge in [0.1, 0.15) is 0 Å². The molecule has 0 radical (unpaired) electrons. The number of amides is 1. The molecule has 2 aromatic rings. The summed E-state index contributed by atoms with van der Waals surface area (Å²) in [5, 5.41) is 16.4. The molecule has 180 valence electrons. The van der Waals surface area contributed by atoms with E-state index in [1.807, 2.05) is 19.1 Å². The first-order valence-electron chi connectivity index (χ1n) is 12.3. The van der Waals surface area contributed by atoms with Gasteiger partial charge in [0.15, 0.2) is 0 Å². The molecular formula is C27H33N3O4. The summed E-state index contributed by atoms with van der Waals surface area (Å²) in [6, 6.07) is 10.3. The molecule has 1 amide bonds. The van der Waals surface area contributed by atoms with Crippen molar-refractivity contribution in [1.29, 1.82) is 0 Å². The minimum atomic E-state index is -0.924. The number of hydrogen-bond donors (Lipinski definition) is 3. The third-order valence-electron chi connectivity index (χ3n) is 7.90. The minimum Gasteiger partial charge on any atom is -0.478 e. The zero-order valence-corrected chi connectivity index (χ0v) is 19.9. The molecule has 0 aliphatic carbocycles. The third kappa shape index (κ3) is 3.77. The summed E-state index contributed by atoms with van der Waals surface area (Å²) in [6.07, 6.45) is 3.45. The number of anilines is 2. The van der Waals surface area contributed by atoms with Crippen LogP contribution < -0.4 is 15.5 Å². The van der Waals surface area contributed by atoms with Crippen molar-refractivity contribution >= 4 is 23.3 Å². The molecule has 7 heteroatoms. The molecule has 7 nitrogen and oxygen atoms in total. The van der Waals surface area contributed by atoms with Gasteiger partial charge in [0, 0.05) is 37.2 Å². The van der Waals surface area contributed by atoms with Gasteiger partial charge < -0.3 is 25.4 Å². The van der Waals surface area contributed by atoms with Crippen LogP contribution in [0.5, 0.6) is 0 Å². The second kappa shape index (κ2) is 9.04. The zero-order valence-electron chi connectivity index (χ0n) is 19.9. The lowest BCUT2D eigenvalue weighted by atomic mass is 9.74. The van der Waals surface area contributed by atoms with E-state index >= 15 is 0 Å². The number of carbonyl (C=O) groups is 2. The first-order valence-corrected chi connectivity index (χ1v) is 12.3. The van der Waals surface area contributed by atoms with Crippen LogP contribution in [0.3, 0.4) is 0 Å². The van der Waals surface area contributed by atoms with Crippen molar-refractivity contribution in [3.8, 4) is 11.1 Å². The predicted octanol–water partition coefficient (Wildman–Crippen LogP) is 3.94. The Hall–Kier alpha value is -2.90. The molecule has 2 fully saturated rings. The van der Waals surface area contributed by atoms with Crippen molar-refractivity contribution in [1.82, 2.24) is 5.32 Å². The van der Waals surface area contributed by atoms with Crippen LogP contribution in [-0.4, -0.2) is 55.9 Å². The monoisotopic (exact) mass is 463 g/mol. The van der Waals surface area contributed by atoms with Gasteiger partial charge in [-0.15, -0.1) is 0 Å². The highest BCUT2D eigenvalue weighted by Gasteiger charge is 2.47. The zero-order chi connectivity index (χ0) is 23.9. The number of piperidine rings is 1. The first-order chi connectivity index (χ1) is 16.4. The van der Waals surface area contributed by atoms with Crippen LogP contribution in [0.15, 0.2) is 30.3 Å². The van der Waals surface area contributed by atoms with Gasteiger partial charge in [-0.2, -0.15) is 0 Å². The number of nitrogens with zero attached hydrogens (tertiary/aromatic N) is 1. The second-order valence-electron chi connectivity index (χ2n) is 9.65. The molecule has 5 rings (SSSR count). The van der Waals surface area contributed by atoms with Gasteiger partial charge in [-0.25, -0.2) is 4.79 Å². The predicted molar refractivity (Wildman–Crippen MR) is 133 cm³/mol. The number of carboxylic acids is 1. The number of fused-ring (bicyclic) bond motifs is 2. The van der Waals surface area contributed by atoms with Crippen LogP contribution in [0.4, 0.5) is 11.4 Å². The first kappa shape index (κ1) is 22.9. The van der Waals surface area contributed by atoms with Gasteiger partial charge >= 0.3 is 5.97 Å². The highest BCUT2D eigenvalue weighted by atomic mass is 16.5. The van der Waals surface area contributed by atoms with Crippen LogP contribution in [0.25, 0.3) is 11.1 Å². The molecule has 0 bridgehead atoms. The van der Waals surface area contributed by atoms with E-state index in [-0.39, 0.29) is 5.91 Å². The Morgan fingerprint density at radius 2 is 1.88 bits per heavy atom. The minimum absolute atomic E-state index is 0.0774. The maximum atomic E-state index is 13.0. The number of ether oxygens (including phenoxy) is 1. The summed E-state index contributed by atoms with van der Waals surface area (Å²) in [7, 11) is 0. The molecule has 2 saturated heterocycles. The van der Waals surface area contributed by atoms with Gasteiger partial charge in [-0.05, 0) is 93.1 Å². The van der Waals surface area contributed by atoms with E-state index in [4.69, 9.17) is 4.74 Å². The lowest BCUT2D eigenvalue weighted by molar-refractivity contribution is -0.121. The second-order valence-corrected chi connectivity index (χ2v) is 9.65. The van der Waals surface area contributed by atoms with Gasteiger partial charge in [0.2, 0.25) is 5.91 Å². The van der Waals surface area contributed by atoms with Crippen LogP contribution in [0.1, 0.15) is 54.1 Å². The van der Waals surface area contributed by atoms with Crippen molar-refractivity contribution in [2.24, 2.45) is 0 Å². The van der Waals surface area contributed by atoms with E-state index in [0.29, 0.717) is 11.6 Å². The van der Waals surface area contributed by atoms with Gasteiger partial charge in [0.05, 0.1) is 11.0 Å². The quantitative estimate of drug-likeness (QED) is 0.622. The molecule has 0 unspecified atom stereocenters. The molecule has 34 heavy (non-hydrogen) atoms. The summed E-state index contributed by atoms with van der Waals surface area (Å²) in [6.45, 7) is 7.93. The molecule has 0 saturated carbocycles. The SMILES string of the molecule is CCN(c1cc(-c2ccc3c(c2)NC(=O)C32CCNCC2)cc(C(=O)O)c1C)C1CCOCC1. The lowest BCUT2D eigenvalue weighted by Crippen LogP contribution is -2.44. The Kier molecular flexibility index (Phi) is 6.08. The van der Waals surface area contributed by atoms with Crippen molar-refractivity contribution < 1.29 is 19.4 Å². The maximum absolute atomic E-state index is 13.0. The Morgan fingerprint density at radius 3 is 2.56 bits per heavy atom. The molecule has 3 aliphatic heterocycles. The highest BCUT2D eigenvalue weighted by molar-refractivity contribution is 6.07. The van der Waals surface area contributed by atoms with Crippen molar-refractivity contribution in [3.63, 3.8) is 0 Å². The van der Waals surface area contributed by atoms with E-state index in [1.165, 1.54) is 0 Å². The van der Waals surface area contributed by atoms with E-state index in [2.05, 4.69) is 34.6 Å². The lowest BCUT2D eigenvalue weighted by Gasteiger charge is -2.36. The van der Waals surface area contributed by atoms with Crippen LogP contribution in [0, 0.1) is 6.92 Å². The molecule has 3 N–H and O–H groups in total. The average molecular weight is 464 g/mol. The van der Waals surface area contributed by atoms with Crippen LogP contribution in [0.2, 0.25) is 0 Å². The fourth-order valence-electron chi connectivity index (χ4n) is 5.97. The number of carboxylic acid groups (broad SMARTS) is 1. The van der Waals surface area contributed by atoms with Crippen molar-refractivity contribution in [2.45, 2.75) is 51.0 Å². The molecule has 0 aromatic heterocycles. The molecule has 1 spiro atoms. The fourth-order valence-corrected chi connectivity index (χ4v) is 5.97. The largest absolute Gasteiger partial charge is 0.478 e. The smallest absolute Gasteiger partial charge is 0.336 e. The van der Waals surface area contributed by atoms with Gasteiger partial charge in [-0.1, -0.05) is 12.1 Å². The van der Waals surface area contributed by atoms with Crippen LogP contribution in [-0.2, 0) is 14.9 Å². The summed E-state index contributed by atoms with van der Waals surface area (Å²) < 4.78 is 5.56. The molecular weight excluding hydrogens is 430 g/mol. The van der Waals surface area contributed by atoms with Crippen LogP contribution >= 0.6 is 0 Å². The third-order valence-corrected chi connectivity index (χ3v) is 7.90. The van der Waals surface area contributed by atoms with E-state index < -0.39 is 11.4 Å². The Morgan fingerprint density at radius 1 is 1.15 bits per heavy atom. The standard InChI is InChI=1S/C27H33N3O4/c1-3-30(20-6-12-34-13-7-20)24-16-19(14-21(17(24)2)25(31)32)18-4-5-22-23(15-18)29-26(33)27(22)8-10-28-11-9-27/h4-5,14-16,20,28H,3,6-13H2,1-2H3,(H,29,33)(H,31,32). The Bertz CT molecular complexity index is 1120. The number of rotatable bonds is 5. The van der Waals surface area contributed by atoms with E-state index in [9.17, 15) is 14.7 Å². The Labute approximate surface area is 200 Å². The number of carbonyl (C=O) groups excluding carboxylic acids is 1. The number of hydrogen-bond acceptors (Lipinski definition) is 5. The molecule has 2 aromatic carbocycles. The van der Waals surface area contributed by atoms with Gasteiger partial charge in [-0.3, -0.25) is 4.79 Å². The summed E-state index contributed by atoms with van der Waals surface area (Å²) in [5.74, 6) is -0.847.